The molecule has 4 nitrogen and oxygen atoms in total. The Kier molecular flexibility index (Phi) is 11.8. The molecule has 0 amide bonds. The predicted octanol–water partition coefficient (Wildman–Crippen LogP) is 8.16. The van der Waals surface area contributed by atoms with Gasteiger partial charge >= 0.3 is 0 Å². The van der Waals surface area contributed by atoms with E-state index in [-0.39, 0.29) is 0 Å². The van der Waals surface area contributed by atoms with Gasteiger partial charge in [-0.1, -0.05) is 70.7 Å². The van der Waals surface area contributed by atoms with Crippen molar-refractivity contribution >= 4 is 57.4 Å². The topological polar surface area (TPSA) is 31.5 Å². The molecule has 0 atom stereocenters. The largest absolute Gasteiger partial charge is 0.385 e. The number of fused-ring (bicyclic) bond motifs is 2. The number of aromatic nitrogens is 1. The Balaban J connectivity index is 0.972. The third-order valence-electron chi connectivity index (χ3n) is 7.80. The number of nitrogens with one attached hydrogen (secondary N) is 1. The fourth-order valence-corrected chi connectivity index (χ4v) is 7.23. The van der Waals surface area contributed by atoms with Crippen LogP contribution in [0.2, 0.25) is 0 Å². The lowest BCUT2D eigenvalue weighted by Gasteiger charge is -2.27. The molecule has 6 heteroatoms. The molecule has 0 bridgehead atoms. The van der Waals surface area contributed by atoms with Crippen molar-refractivity contribution in [3.05, 3.63) is 119 Å². The van der Waals surface area contributed by atoms with Crippen LogP contribution in [0.3, 0.4) is 0 Å². The summed E-state index contributed by atoms with van der Waals surface area (Å²) in [6.07, 6.45) is 23.6. The lowest BCUT2D eigenvalue weighted by atomic mass is 9.99. The zero-order chi connectivity index (χ0) is 29.7. The first-order valence-electron chi connectivity index (χ1n) is 15.3. The molecule has 3 heterocycles. The molecule has 0 aliphatic carbocycles. The van der Waals surface area contributed by atoms with Crippen LogP contribution >= 0.6 is 21.6 Å². The van der Waals surface area contributed by atoms with E-state index < -0.39 is 0 Å². The Hall–Kier alpha value is -3.48. The molecule has 222 valence electrons. The van der Waals surface area contributed by atoms with E-state index in [2.05, 4.69) is 119 Å². The second-order valence-corrected chi connectivity index (χ2v) is 13.7. The van der Waals surface area contributed by atoms with Crippen LogP contribution in [0.25, 0.3) is 18.2 Å². The van der Waals surface area contributed by atoms with Gasteiger partial charge in [-0.25, -0.2) is 4.57 Å². The number of rotatable bonds is 13. The van der Waals surface area contributed by atoms with Crippen LogP contribution in [0.1, 0.15) is 40.7 Å². The maximum Gasteiger partial charge on any atom is 0.169 e. The zero-order valence-corrected chi connectivity index (χ0v) is 26.9. The third kappa shape index (κ3) is 9.50. The smallest absolute Gasteiger partial charge is 0.169 e. The van der Waals surface area contributed by atoms with E-state index in [1.807, 2.05) is 40.0 Å². The van der Waals surface area contributed by atoms with Gasteiger partial charge in [0, 0.05) is 62.2 Å². The lowest BCUT2D eigenvalue weighted by molar-refractivity contribution is -0.692. The van der Waals surface area contributed by atoms with Crippen molar-refractivity contribution in [1.29, 1.82) is 0 Å². The molecule has 0 unspecified atom stereocenters. The molecule has 3 aromatic rings. The van der Waals surface area contributed by atoms with E-state index in [9.17, 15) is 0 Å². The number of allylic oxidation sites excluding steroid dienone is 4. The predicted molar refractivity (Wildman–Crippen MR) is 192 cm³/mol. The highest BCUT2D eigenvalue weighted by Crippen LogP contribution is 2.27. The summed E-state index contributed by atoms with van der Waals surface area (Å²) in [6, 6.07) is 17.8. The van der Waals surface area contributed by atoms with Gasteiger partial charge in [0.25, 0.3) is 0 Å². The van der Waals surface area contributed by atoms with Gasteiger partial charge in [0.05, 0.1) is 5.75 Å². The quantitative estimate of drug-likeness (QED) is 0.0699. The minimum absolute atomic E-state index is 0.815. The van der Waals surface area contributed by atoms with Crippen molar-refractivity contribution in [2.45, 2.75) is 32.2 Å². The highest BCUT2D eigenvalue weighted by atomic mass is 33.1. The minimum Gasteiger partial charge on any atom is -0.385 e. The molecule has 0 saturated heterocycles. The third-order valence-corrected chi connectivity index (χ3v) is 10.2. The van der Waals surface area contributed by atoms with Crippen LogP contribution in [-0.4, -0.2) is 44.4 Å². The van der Waals surface area contributed by atoms with Crippen LogP contribution < -0.4 is 14.8 Å². The summed E-state index contributed by atoms with van der Waals surface area (Å²) in [5, 5.41) is 3.48. The first-order chi connectivity index (χ1) is 21.2. The summed E-state index contributed by atoms with van der Waals surface area (Å²) < 4.78 is 2.26. The normalized spacial score (nSPS) is 15.2. The first kappa shape index (κ1) is 31.0. The van der Waals surface area contributed by atoms with Crippen LogP contribution in [-0.2, 0) is 19.4 Å². The molecule has 1 aromatic heterocycles. The molecule has 0 saturated carbocycles. The van der Waals surface area contributed by atoms with Crippen molar-refractivity contribution in [3.8, 4) is 0 Å². The summed E-state index contributed by atoms with van der Waals surface area (Å²) in [7, 11) is 5.98. The number of aliphatic imine (C=N–C) groups is 1. The average molecular weight is 608 g/mol. The molecule has 2 aromatic carbocycles. The van der Waals surface area contributed by atoms with E-state index in [4.69, 9.17) is 0 Å². The number of hydrogen-bond donors (Lipinski definition) is 1. The average Bonchev–Trinajstić information content (AvgIpc) is 3.05. The number of nitrogens with zero attached hydrogens (tertiary/aromatic N) is 3. The van der Waals surface area contributed by atoms with Crippen LogP contribution in [0, 0.1) is 0 Å². The highest BCUT2D eigenvalue weighted by molar-refractivity contribution is 8.76. The summed E-state index contributed by atoms with van der Waals surface area (Å²) in [5.41, 5.74) is 10.3. The van der Waals surface area contributed by atoms with Gasteiger partial charge < -0.3 is 10.2 Å². The zero-order valence-electron chi connectivity index (χ0n) is 25.3. The molecule has 0 radical (unpaired) electrons. The van der Waals surface area contributed by atoms with Crippen molar-refractivity contribution in [2.75, 3.05) is 48.4 Å². The molecular weight excluding hydrogens is 565 g/mol. The van der Waals surface area contributed by atoms with Gasteiger partial charge in [-0.2, -0.15) is 0 Å². The van der Waals surface area contributed by atoms with Crippen molar-refractivity contribution < 1.29 is 4.57 Å². The molecule has 2 aliphatic heterocycles. The van der Waals surface area contributed by atoms with Crippen molar-refractivity contribution in [3.63, 3.8) is 0 Å². The molecule has 0 fully saturated rings. The number of pyridine rings is 1. The van der Waals surface area contributed by atoms with E-state index in [0.717, 1.165) is 49.7 Å². The fourth-order valence-electron chi connectivity index (χ4n) is 5.38. The van der Waals surface area contributed by atoms with Crippen molar-refractivity contribution in [2.24, 2.45) is 4.99 Å². The SMILES string of the molecule is C=CC(/C=C/c1ccc2c(c1)CCCN2C)=C\C=NCCSSCC[n+]1ccc(/C=C/c2ccc3c(c2)CCCN3)cc1. The minimum atomic E-state index is 0.815. The summed E-state index contributed by atoms with van der Waals surface area (Å²) >= 11 is 0. The first-order valence-corrected chi connectivity index (χ1v) is 17.8. The van der Waals surface area contributed by atoms with E-state index in [1.54, 1.807) is 0 Å². The lowest BCUT2D eigenvalue weighted by Crippen LogP contribution is -2.33. The van der Waals surface area contributed by atoms with Crippen LogP contribution in [0.4, 0.5) is 11.4 Å². The summed E-state index contributed by atoms with van der Waals surface area (Å²) in [4.78, 5) is 6.92. The second kappa shape index (κ2) is 16.4. The number of anilines is 2. The Labute approximate surface area is 265 Å². The van der Waals surface area contributed by atoms with Gasteiger partial charge in [0.15, 0.2) is 18.9 Å². The van der Waals surface area contributed by atoms with Gasteiger partial charge in [0.2, 0.25) is 0 Å². The van der Waals surface area contributed by atoms with Gasteiger partial charge in [-0.15, -0.1) is 0 Å². The Bertz CT molecular complexity index is 1490. The van der Waals surface area contributed by atoms with Gasteiger partial charge in [-0.05, 0) is 89.4 Å². The molecule has 43 heavy (non-hydrogen) atoms. The van der Waals surface area contributed by atoms with E-state index in [0.29, 0.717) is 0 Å². The fraction of sp³-hybridized carbons (Fsp3) is 0.297. The standard InChI is InChI=1S/C37H42N4S2/c1-3-30(8-10-33-13-15-37-35(29-33)7-5-22-40(37)2)16-20-38-21-26-42-43-27-25-41-23-17-31(18-24-41)9-11-32-12-14-36-34(28-32)6-4-19-39-36/h3,8-18,20,23-24,28-29H,1,4-7,19,21-22,25-27H2,2H3/p+1/b10-8+,30-16+,38-20?. The van der Waals surface area contributed by atoms with E-state index >= 15 is 0 Å². The maximum atomic E-state index is 4.57. The maximum absolute atomic E-state index is 4.57. The molecule has 2 aliphatic rings. The van der Waals surface area contributed by atoms with Gasteiger partial charge in [-0.3, -0.25) is 4.99 Å². The van der Waals surface area contributed by atoms with E-state index in [1.165, 1.54) is 58.5 Å². The molecular formula is C37H43N4S2+. The van der Waals surface area contributed by atoms with Crippen LogP contribution in [0.5, 0.6) is 0 Å². The molecule has 5 rings (SSSR count). The second-order valence-electron chi connectivity index (χ2n) is 11.0. The Morgan fingerprint density at radius 2 is 1.70 bits per heavy atom. The number of benzene rings is 2. The summed E-state index contributed by atoms with van der Waals surface area (Å²) in [5.74, 6) is 2.08. The van der Waals surface area contributed by atoms with Crippen LogP contribution in [0.15, 0.2) is 96.3 Å². The molecule has 0 spiro atoms. The highest BCUT2D eigenvalue weighted by Gasteiger charge is 2.13. The summed E-state index contributed by atoms with van der Waals surface area (Å²) in [6.45, 7) is 8.01. The number of hydrogen-bond acceptors (Lipinski definition) is 5. The van der Waals surface area contributed by atoms with Crippen molar-refractivity contribution in [1.82, 2.24) is 0 Å². The molecule has 1 N–H and O–H groups in total. The van der Waals surface area contributed by atoms with Gasteiger partial charge in [0.1, 0.15) is 0 Å². The number of aryl methyl sites for hydroxylation is 3. The Morgan fingerprint density at radius 1 is 0.930 bits per heavy atom. The monoisotopic (exact) mass is 607 g/mol. The Morgan fingerprint density at radius 3 is 2.58 bits per heavy atom.